The molecule has 0 bridgehead atoms. The minimum atomic E-state index is -0.321. The van der Waals surface area contributed by atoms with E-state index in [1.807, 2.05) is 26.0 Å². The Kier molecular flexibility index (Phi) is 9.87. The summed E-state index contributed by atoms with van der Waals surface area (Å²) in [5.74, 6) is 6.29. The maximum absolute atomic E-state index is 12.6. The minimum absolute atomic E-state index is 0.107. The lowest BCUT2D eigenvalue weighted by Gasteiger charge is -2.62. The van der Waals surface area contributed by atoms with Crippen molar-refractivity contribution in [3.63, 3.8) is 0 Å². The number of carbonyl (C=O) groups excluding carboxylic acids is 1. The van der Waals surface area contributed by atoms with Gasteiger partial charge < -0.3 is 9.47 Å². The molecule has 4 aliphatic carbocycles. The molecule has 8 atom stereocenters. The average Bonchev–Trinajstić information content (AvgIpc) is 3.32. The van der Waals surface area contributed by atoms with E-state index in [1.54, 1.807) is 0 Å². The molecule has 1 aromatic carbocycles. The molecule has 6 unspecified atom stereocenters. The summed E-state index contributed by atoms with van der Waals surface area (Å²) in [5.41, 5.74) is 2.12. The van der Waals surface area contributed by atoms with Gasteiger partial charge in [-0.05, 0) is 160 Å². The highest BCUT2D eigenvalue weighted by molar-refractivity contribution is 7.98. The zero-order chi connectivity index (χ0) is 30.1. The standard InChI is InChI=1S/C35H53NO3S.C2H6/c1-6-23-22-27-29-12-10-25(34(29,4)19-15-30(27)35(5)17-8-7-9-28(23)35)16-20-38-32(37)36-40-26-11-13-31-24(21-26)14-18-33(2,3)39-31;1-2/h11,13,21,23,25,27-30H,6-10,12,14-20,22H2,1-5H3,(H,36,37);1-2H3/t23-,25?,27?,28?,29?,30-,34?,35?;/m0./s1. The number of amides is 1. The first-order valence-electron chi connectivity index (χ1n) is 17.5. The SMILES string of the molecule is CC.CC[C@H]1CC2C3CCC(CCOC(=O)NSc4ccc5c(c4)CCC(C)(C)O5)C3(C)CC[C@@H]2C2(C)CCCCC12. The van der Waals surface area contributed by atoms with Crippen LogP contribution >= 0.6 is 11.9 Å². The predicted octanol–water partition coefficient (Wildman–Crippen LogP) is 10.6. The second-order valence-corrected chi connectivity index (χ2v) is 16.1. The lowest BCUT2D eigenvalue weighted by molar-refractivity contribution is -0.136. The number of hydrogen-bond donors (Lipinski definition) is 1. The summed E-state index contributed by atoms with van der Waals surface area (Å²) in [6.45, 7) is 16.6. The van der Waals surface area contributed by atoms with E-state index in [-0.39, 0.29) is 11.7 Å². The van der Waals surface area contributed by atoms with Gasteiger partial charge in [0.2, 0.25) is 0 Å². The molecule has 0 spiro atoms. The molecule has 4 fully saturated rings. The molecule has 4 saturated carbocycles. The molecule has 5 heteroatoms. The molecular formula is C37H59NO3S. The fourth-order valence-electron chi connectivity index (χ4n) is 10.7. The van der Waals surface area contributed by atoms with E-state index in [0.717, 1.165) is 59.5 Å². The predicted molar refractivity (Wildman–Crippen MR) is 175 cm³/mol. The highest BCUT2D eigenvalue weighted by Crippen LogP contribution is 2.69. The van der Waals surface area contributed by atoms with E-state index in [1.165, 1.54) is 81.7 Å². The highest BCUT2D eigenvalue weighted by Gasteiger charge is 2.61. The Morgan fingerprint density at radius 1 is 0.976 bits per heavy atom. The number of fused-ring (bicyclic) bond motifs is 6. The fourth-order valence-corrected chi connectivity index (χ4v) is 11.3. The number of benzene rings is 1. The average molecular weight is 598 g/mol. The van der Waals surface area contributed by atoms with Crippen molar-refractivity contribution in [2.24, 2.45) is 46.3 Å². The van der Waals surface area contributed by atoms with Crippen LogP contribution in [0.4, 0.5) is 4.79 Å². The van der Waals surface area contributed by atoms with Crippen molar-refractivity contribution in [3.05, 3.63) is 23.8 Å². The van der Waals surface area contributed by atoms with Gasteiger partial charge in [0.05, 0.1) is 6.61 Å². The summed E-state index contributed by atoms with van der Waals surface area (Å²) in [6.07, 6.45) is 16.9. The number of aryl methyl sites for hydroxylation is 1. The fraction of sp³-hybridized carbons (Fsp3) is 0.811. The van der Waals surface area contributed by atoms with Crippen molar-refractivity contribution in [1.29, 1.82) is 0 Å². The van der Waals surface area contributed by atoms with E-state index in [4.69, 9.17) is 9.47 Å². The van der Waals surface area contributed by atoms with Crippen LogP contribution in [0.3, 0.4) is 0 Å². The van der Waals surface area contributed by atoms with Crippen molar-refractivity contribution < 1.29 is 14.3 Å². The number of nitrogens with one attached hydrogen (secondary N) is 1. The van der Waals surface area contributed by atoms with Gasteiger partial charge in [0.25, 0.3) is 0 Å². The molecular weight excluding hydrogens is 538 g/mol. The molecule has 42 heavy (non-hydrogen) atoms. The Labute approximate surface area is 261 Å². The Balaban J connectivity index is 0.00000173. The van der Waals surface area contributed by atoms with Crippen molar-refractivity contribution in [2.45, 2.75) is 142 Å². The van der Waals surface area contributed by atoms with Crippen LogP contribution in [0, 0.1) is 46.3 Å². The molecule has 1 amide bonds. The molecule has 1 heterocycles. The van der Waals surface area contributed by atoms with Gasteiger partial charge in [0.15, 0.2) is 0 Å². The summed E-state index contributed by atoms with van der Waals surface area (Å²) < 4.78 is 14.7. The zero-order valence-electron chi connectivity index (χ0n) is 27.7. The first-order chi connectivity index (χ1) is 20.1. The lowest BCUT2D eigenvalue weighted by Crippen LogP contribution is -2.55. The Bertz CT molecular complexity index is 1090. The molecule has 0 radical (unpaired) electrons. The quantitative estimate of drug-likeness (QED) is 0.331. The molecule has 1 aliphatic heterocycles. The van der Waals surface area contributed by atoms with Gasteiger partial charge in [0.1, 0.15) is 11.4 Å². The molecule has 5 aliphatic rings. The van der Waals surface area contributed by atoms with Gasteiger partial charge in [-0.2, -0.15) is 0 Å². The van der Waals surface area contributed by atoms with Crippen molar-refractivity contribution in [3.8, 4) is 5.75 Å². The van der Waals surface area contributed by atoms with Crippen LogP contribution < -0.4 is 9.46 Å². The van der Waals surface area contributed by atoms with E-state index in [0.29, 0.717) is 23.4 Å². The third-order valence-corrected chi connectivity index (χ3v) is 13.6. The Morgan fingerprint density at radius 2 is 1.76 bits per heavy atom. The van der Waals surface area contributed by atoms with Crippen molar-refractivity contribution >= 4 is 18.0 Å². The van der Waals surface area contributed by atoms with Gasteiger partial charge >= 0.3 is 6.09 Å². The van der Waals surface area contributed by atoms with Crippen LogP contribution in [-0.4, -0.2) is 18.3 Å². The smallest absolute Gasteiger partial charge is 0.417 e. The van der Waals surface area contributed by atoms with Crippen LogP contribution in [0.5, 0.6) is 5.75 Å². The molecule has 236 valence electrons. The summed E-state index contributed by atoms with van der Waals surface area (Å²) in [7, 11) is 0. The maximum Gasteiger partial charge on any atom is 0.417 e. The maximum atomic E-state index is 12.6. The zero-order valence-corrected chi connectivity index (χ0v) is 28.5. The van der Waals surface area contributed by atoms with Crippen LogP contribution in [0.15, 0.2) is 23.1 Å². The summed E-state index contributed by atoms with van der Waals surface area (Å²) in [6, 6.07) is 6.18. The molecule has 1 N–H and O–H groups in total. The third kappa shape index (κ3) is 6.11. The first-order valence-corrected chi connectivity index (χ1v) is 18.4. The number of ether oxygens (including phenoxy) is 2. The summed E-state index contributed by atoms with van der Waals surface area (Å²) in [5, 5.41) is 0. The molecule has 6 rings (SSSR count). The van der Waals surface area contributed by atoms with E-state index in [9.17, 15) is 4.79 Å². The van der Waals surface area contributed by atoms with Crippen LogP contribution in [-0.2, 0) is 11.2 Å². The minimum Gasteiger partial charge on any atom is -0.488 e. The highest BCUT2D eigenvalue weighted by atomic mass is 32.2. The van der Waals surface area contributed by atoms with Crippen molar-refractivity contribution in [1.82, 2.24) is 4.72 Å². The Morgan fingerprint density at radius 3 is 2.55 bits per heavy atom. The van der Waals surface area contributed by atoms with Crippen LogP contribution in [0.1, 0.15) is 131 Å². The van der Waals surface area contributed by atoms with E-state index >= 15 is 0 Å². The van der Waals surface area contributed by atoms with Gasteiger partial charge in [-0.1, -0.05) is 53.9 Å². The summed E-state index contributed by atoms with van der Waals surface area (Å²) >= 11 is 1.34. The molecule has 4 nitrogen and oxygen atoms in total. The van der Waals surface area contributed by atoms with Gasteiger partial charge in [-0.25, -0.2) is 4.79 Å². The summed E-state index contributed by atoms with van der Waals surface area (Å²) in [4.78, 5) is 13.6. The number of carbonyl (C=O) groups is 1. The van der Waals surface area contributed by atoms with Gasteiger partial charge in [-0.3, -0.25) is 4.72 Å². The van der Waals surface area contributed by atoms with Crippen LogP contribution in [0.2, 0.25) is 0 Å². The number of rotatable bonds is 6. The van der Waals surface area contributed by atoms with Gasteiger partial charge in [-0.15, -0.1) is 0 Å². The van der Waals surface area contributed by atoms with Crippen LogP contribution in [0.25, 0.3) is 0 Å². The van der Waals surface area contributed by atoms with E-state index in [2.05, 4.69) is 45.4 Å². The molecule has 1 aromatic rings. The largest absolute Gasteiger partial charge is 0.488 e. The normalized spacial score (nSPS) is 37.9. The molecule has 0 aromatic heterocycles. The first kappa shape index (κ1) is 32.0. The number of hydrogen-bond acceptors (Lipinski definition) is 4. The van der Waals surface area contributed by atoms with Crippen molar-refractivity contribution in [2.75, 3.05) is 6.61 Å². The Hall–Kier alpha value is -1.36. The lowest BCUT2D eigenvalue weighted by atomic mass is 9.42. The topological polar surface area (TPSA) is 47.6 Å². The van der Waals surface area contributed by atoms with E-state index < -0.39 is 0 Å². The second kappa shape index (κ2) is 12.9. The third-order valence-electron chi connectivity index (χ3n) is 12.8. The molecule has 0 saturated heterocycles. The second-order valence-electron chi connectivity index (χ2n) is 15.2. The monoisotopic (exact) mass is 597 g/mol. The van der Waals surface area contributed by atoms with Gasteiger partial charge in [0, 0.05) is 4.90 Å².